The van der Waals surface area contributed by atoms with Crippen molar-refractivity contribution in [1.29, 1.82) is 0 Å². The number of nitrogens with one attached hydrogen (secondary N) is 2. The Morgan fingerprint density at radius 1 is 0.826 bits per heavy atom. The summed E-state index contributed by atoms with van der Waals surface area (Å²) < 4.78 is 21.5. The zero-order valence-corrected chi connectivity index (χ0v) is 28.2. The molecular formula is C36H53N2O7P. The molecule has 0 saturated carbocycles. The van der Waals surface area contributed by atoms with Crippen molar-refractivity contribution in [1.82, 2.24) is 10.6 Å². The summed E-state index contributed by atoms with van der Waals surface area (Å²) in [6.45, 7) is 1.82. The average Bonchev–Trinajstić information content (AvgIpc) is 3.36. The zero-order valence-electron chi connectivity index (χ0n) is 27.3. The molecule has 0 heterocycles. The van der Waals surface area contributed by atoms with Gasteiger partial charge in [0.1, 0.15) is 6.61 Å². The average molecular weight is 657 g/mol. The van der Waals surface area contributed by atoms with Crippen LogP contribution in [0.3, 0.4) is 0 Å². The first-order valence-corrected chi connectivity index (χ1v) is 18.5. The fourth-order valence-corrected chi connectivity index (χ4v) is 6.22. The van der Waals surface area contributed by atoms with Gasteiger partial charge in [-0.05, 0) is 54.4 Å². The summed E-state index contributed by atoms with van der Waals surface area (Å²) in [6.07, 6.45) is 19.3. The molecule has 0 radical (unpaired) electrons. The van der Waals surface area contributed by atoms with E-state index < -0.39 is 26.6 Å². The van der Waals surface area contributed by atoms with Crippen molar-refractivity contribution in [3.8, 4) is 11.1 Å². The SMILES string of the molecule is CCCCCCCCC=CCCCCCCCC(=O)N[C@H](CNC(=O)OCC1c2ccccc2-c2ccccc21)COP(=O)(O)O. The molecule has 0 fully saturated rings. The van der Waals surface area contributed by atoms with Gasteiger partial charge in [0.25, 0.3) is 0 Å². The molecule has 0 unspecified atom stereocenters. The van der Waals surface area contributed by atoms with Crippen molar-refractivity contribution in [2.24, 2.45) is 0 Å². The highest BCUT2D eigenvalue weighted by atomic mass is 31.2. The lowest BCUT2D eigenvalue weighted by molar-refractivity contribution is -0.122. The Hall–Kier alpha value is -2.97. The molecule has 2 aromatic carbocycles. The molecule has 10 heteroatoms. The van der Waals surface area contributed by atoms with Gasteiger partial charge in [-0.1, -0.05) is 119 Å². The second-order valence-electron chi connectivity index (χ2n) is 12.1. The van der Waals surface area contributed by atoms with Crippen LogP contribution in [0.15, 0.2) is 60.7 Å². The van der Waals surface area contributed by atoms with Crippen molar-refractivity contribution < 1.29 is 33.2 Å². The van der Waals surface area contributed by atoms with Gasteiger partial charge in [0, 0.05) is 18.9 Å². The van der Waals surface area contributed by atoms with E-state index in [2.05, 4.69) is 46.4 Å². The summed E-state index contributed by atoms with van der Waals surface area (Å²) in [7, 11) is -4.75. The predicted octanol–water partition coefficient (Wildman–Crippen LogP) is 8.16. The van der Waals surface area contributed by atoms with E-state index in [1.54, 1.807) is 0 Å². The molecular weight excluding hydrogens is 603 g/mol. The van der Waals surface area contributed by atoms with Crippen LogP contribution >= 0.6 is 7.82 Å². The summed E-state index contributed by atoms with van der Waals surface area (Å²) in [5.41, 5.74) is 4.42. The molecule has 1 atom stereocenters. The van der Waals surface area contributed by atoms with E-state index in [0.717, 1.165) is 54.4 Å². The molecule has 1 aliphatic carbocycles. The van der Waals surface area contributed by atoms with Crippen molar-refractivity contribution in [3.63, 3.8) is 0 Å². The molecule has 2 amide bonds. The number of phosphoric ester groups is 1. The minimum Gasteiger partial charge on any atom is -0.449 e. The molecule has 9 nitrogen and oxygen atoms in total. The van der Waals surface area contributed by atoms with E-state index in [0.29, 0.717) is 6.42 Å². The number of amides is 2. The van der Waals surface area contributed by atoms with Crippen molar-refractivity contribution in [2.75, 3.05) is 19.8 Å². The number of rotatable bonds is 23. The Morgan fingerprint density at radius 2 is 1.37 bits per heavy atom. The fraction of sp³-hybridized carbons (Fsp3) is 0.556. The molecule has 254 valence electrons. The second-order valence-corrected chi connectivity index (χ2v) is 13.3. The molecule has 0 spiro atoms. The Bertz CT molecular complexity index is 1230. The lowest BCUT2D eigenvalue weighted by atomic mass is 9.98. The molecule has 2 aromatic rings. The molecule has 3 rings (SSSR count). The van der Waals surface area contributed by atoms with E-state index in [1.165, 1.54) is 44.9 Å². The first-order valence-electron chi connectivity index (χ1n) is 17.0. The Balaban J connectivity index is 1.32. The molecule has 0 aromatic heterocycles. The van der Waals surface area contributed by atoms with Crippen LogP contribution < -0.4 is 10.6 Å². The number of phosphoric acid groups is 1. The molecule has 46 heavy (non-hydrogen) atoms. The maximum atomic E-state index is 12.6. The summed E-state index contributed by atoms with van der Waals surface area (Å²) in [5, 5.41) is 5.33. The largest absolute Gasteiger partial charge is 0.469 e. The van der Waals surface area contributed by atoms with Gasteiger partial charge in [-0.25, -0.2) is 9.36 Å². The number of benzene rings is 2. The van der Waals surface area contributed by atoms with E-state index in [1.807, 2.05) is 36.4 Å². The van der Waals surface area contributed by atoms with E-state index in [4.69, 9.17) is 14.5 Å². The van der Waals surface area contributed by atoms with Crippen molar-refractivity contribution in [3.05, 3.63) is 71.8 Å². The zero-order chi connectivity index (χ0) is 33.0. The highest BCUT2D eigenvalue weighted by molar-refractivity contribution is 7.46. The quantitative estimate of drug-likeness (QED) is 0.0539. The summed E-state index contributed by atoms with van der Waals surface area (Å²) in [4.78, 5) is 43.5. The molecule has 0 saturated heterocycles. The van der Waals surface area contributed by atoms with Crippen LogP contribution in [0.2, 0.25) is 0 Å². The number of allylic oxidation sites excluding steroid dienone is 2. The number of hydrogen-bond donors (Lipinski definition) is 4. The number of hydrogen-bond acceptors (Lipinski definition) is 5. The maximum absolute atomic E-state index is 12.6. The summed E-state index contributed by atoms with van der Waals surface area (Å²) in [5.74, 6) is -0.357. The Morgan fingerprint density at radius 3 is 1.96 bits per heavy atom. The smallest absolute Gasteiger partial charge is 0.449 e. The van der Waals surface area contributed by atoms with Gasteiger partial charge >= 0.3 is 13.9 Å². The number of ether oxygens (including phenoxy) is 1. The van der Waals surface area contributed by atoms with Gasteiger partial charge in [0.2, 0.25) is 5.91 Å². The predicted molar refractivity (Wildman–Crippen MR) is 182 cm³/mol. The normalized spacial score (nSPS) is 13.4. The first kappa shape index (κ1) is 37.5. The first-order chi connectivity index (χ1) is 22.3. The van der Waals surface area contributed by atoms with Gasteiger partial charge in [0.05, 0.1) is 12.6 Å². The molecule has 0 bridgehead atoms. The Kier molecular flexibility index (Phi) is 17.1. The van der Waals surface area contributed by atoms with E-state index >= 15 is 0 Å². The lowest BCUT2D eigenvalue weighted by Crippen LogP contribution is -2.46. The molecule has 0 aliphatic heterocycles. The number of fused-ring (bicyclic) bond motifs is 3. The van der Waals surface area contributed by atoms with Crippen molar-refractivity contribution >= 4 is 19.8 Å². The molecule has 1 aliphatic rings. The Labute approximate surface area is 274 Å². The number of carbonyl (C=O) groups is 2. The number of alkyl carbamates (subject to hydrolysis) is 1. The number of unbranched alkanes of at least 4 members (excludes halogenated alkanes) is 11. The van der Waals surface area contributed by atoms with E-state index in [-0.39, 0.29) is 31.4 Å². The van der Waals surface area contributed by atoms with Gasteiger partial charge in [0.15, 0.2) is 0 Å². The van der Waals surface area contributed by atoms with Crippen LogP contribution in [0.5, 0.6) is 0 Å². The van der Waals surface area contributed by atoms with Crippen LogP contribution in [-0.4, -0.2) is 47.6 Å². The summed E-state index contributed by atoms with van der Waals surface area (Å²) >= 11 is 0. The highest BCUT2D eigenvalue weighted by Gasteiger charge is 2.29. The van der Waals surface area contributed by atoms with Gasteiger partial charge in [-0.3, -0.25) is 9.32 Å². The maximum Gasteiger partial charge on any atom is 0.469 e. The van der Waals surface area contributed by atoms with Crippen LogP contribution in [0, 0.1) is 0 Å². The lowest BCUT2D eigenvalue weighted by Gasteiger charge is -2.20. The van der Waals surface area contributed by atoms with Crippen LogP contribution in [-0.2, 0) is 18.6 Å². The standard InChI is InChI=1S/C36H53N2O7P/c1-2-3-4-5-6-7-8-9-10-11-12-13-14-15-16-25-35(39)38-29(27-45-46(41,42)43)26-37-36(40)44-28-34-32-23-19-17-21-30(32)31-22-18-20-24-33(31)34/h9-10,17-24,29,34H,2-8,11-16,25-28H2,1H3,(H,37,40)(H,38,39)(H2,41,42,43)/t29-/m1/s1. The minimum atomic E-state index is -4.75. The topological polar surface area (TPSA) is 134 Å². The third kappa shape index (κ3) is 14.2. The van der Waals surface area contributed by atoms with E-state index in [9.17, 15) is 14.2 Å². The number of carbonyl (C=O) groups excluding carboxylic acids is 2. The van der Waals surface area contributed by atoms with Crippen molar-refractivity contribution in [2.45, 2.75) is 109 Å². The van der Waals surface area contributed by atoms with Gasteiger partial charge in [-0.2, -0.15) is 0 Å². The highest BCUT2D eigenvalue weighted by Crippen LogP contribution is 2.44. The third-order valence-corrected chi connectivity index (χ3v) is 8.80. The third-order valence-electron chi connectivity index (χ3n) is 8.31. The fourth-order valence-electron chi connectivity index (χ4n) is 5.85. The second kappa shape index (κ2) is 21.0. The van der Waals surface area contributed by atoms with Gasteiger partial charge in [-0.15, -0.1) is 0 Å². The monoisotopic (exact) mass is 656 g/mol. The summed E-state index contributed by atoms with van der Waals surface area (Å²) in [6, 6.07) is 15.2. The van der Waals surface area contributed by atoms with Crippen LogP contribution in [0.4, 0.5) is 4.79 Å². The van der Waals surface area contributed by atoms with Gasteiger partial charge < -0.3 is 25.2 Å². The molecule has 4 N–H and O–H groups in total. The van der Waals surface area contributed by atoms with Crippen LogP contribution in [0.1, 0.15) is 114 Å². The van der Waals surface area contributed by atoms with Crippen LogP contribution in [0.25, 0.3) is 11.1 Å². The minimum absolute atomic E-state index is 0.0991.